The van der Waals surface area contributed by atoms with Crippen LogP contribution in [0.2, 0.25) is 0 Å². The van der Waals surface area contributed by atoms with Crippen LogP contribution in [0, 0.1) is 0 Å². The summed E-state index contributed by atoms with van der Waals surface area (Å²) in [6.45, 7) is 6.91. The van der Waals surface area contributed by atoms with Crippen LogP contribution >= 0.6 is 11.3 Å². The van der Waals surface area contributed by atoms with E-state index >= 15 is 0 Å². The molecule has 2 heterocycles. The fraction of sp³-hybridized carbons (Fsp3) is 0.429. The first kappa shape index (κ1) is 16.9. The van der Waals surface area contributed by atoms with Gasteiger partial charge in [0.05, 0.1) is 10.7 Å². The predicted octanol–water partition coefficient (Wildman–Crippen LogP) is 2.14. The number of aromatic nitrogens is 2. The molecule has 0 saturated carbocycles. The van der Waals surface area contributed by atoms with Crippen LogP contribution in [0.3, 0.4) is 0 Å². The van der Waals surface area contributed by atoms with Crippen LogP contribution in [-0.4, -0.2) is 24.9 Å². The highest BCUT2D eigenvalue weighted by molar-refractivity contribution is 7.89. The minimum Gasteiger partial charge on any atom is -0.369 e. The molecule has 0 atom stereocenters. The Morgan fingerprint density at radius 1 is 1.36 bits per heavy atom. The largest absolute Gasteiger partial charge is 0.369 e. The molecular formula is C14H20N4O2S2. The van der Waals surface area contributed by atoms with Crippen LogP contribution in [0.5, 0.6) is 0 Å². The molecule has 0 aliphatic heterocycles. The summed E-state index contributed by atoms with van der Waals surface area (Å²) in [4.78, 5) is 8.64. The van der Waals surface area contributed by atoms with Crippen LogP contribution < -0.4 is 10.5 Å². The van der Waals surface area contributed by atoms with E-state index in [0.717, 1.165) is 10.7 Å². The monoisotopic (exact) mass is 340 g/mol. The Labute approximate surface area is 134 Å². The van der Waals surface area contributed by atoms with Crippen molar-refractivity contribution in [3.63, 3.8) is 0 Å². The number of hydrogen-bond acceptors (Lipinski definition) is 6. The molecule has 0 aliphatic rings. The third-order valence-electron chi connectivity index (χ3n) is 2.94. The first-order chi connectivity index (χ1) is 10.2. The zero-order valence-electron chi connectivity index (χ0n) is 12.8. The van der Waals surface area contributed by atoms with E-state index in [-0.39, 0.29) is 16.1 Å². The molecule has 0 radical (unpaired) electrons. The second-order valence-corrected chi connectivity index (χ2v) is 8.35. The number of sulfonamides is 1. The van der Waals surface area contributed by atoms with Gasteiger partial charge in [0.15, 0.2) is 0 Å². The molecule has 0 amide bonds. The van der Waals surface area contributed by atoms with Gasteiger partial charge in [-0.25, -0.2) is 23.5 Å². The quantitative estimate of drug-likeness (QED) is 0.869. The predicted molar refractivity (Wildman–Crippen MR) is 88.6 cm³/mol. The van der Waals surface area contributed by atoms with E-state index in [1.807, 2.05) is 5.38 Å². The highest BCUT2D eigenvalue weighted by Gasteiger charge is 2.18. The number of pyridine rings is 1. The second kappa shape index (κ2) is 6.31. The van der Waals surface area contributed by atoms with Gasteiger partial charge in [0.2, 0.25) is 10.0 Å². The summed E-state index contributed by atoms with van der Waals surface area (Å²) in [7, 11) is -3.78. The molecule has 0 saturated heterocycles. The first-order valence-electron chi connectivity index (χ1n) is 6.84. The molecule has 0 aromatic carbocycles. The van der Waals surface area contributed by atoms with E-state index in [1.54, 1.807) is 17.4 Å². The highest BCUT2D eigenvalue weighted by Crippen LogP contribution is 2.25. The SMILES string of the molecule is CC(C)(C)c1nc(CCNc2ncccc2S(N)(=O)=O)cs1. The van der Waals surface area contributed by atoms with Gasteiger partial charge in [0, 0.05) is 30.0 Å². The number of nitrogens with one attached hydrogen (secondary N) is 1. The standard InChI is InChI=1S/C14H20N4O2S2/c1-14(2,3)13-18-10(9-21-13)6-8-17-12-11(22(15,19)20)5-4-7-16-12/h4-5,7,9H,6,8H2,1-3H3,(H,16,17)(H2,15,19,20). The van der Waals surface area contributed by atoms with Crippen molar-refractivity contribution in [2.45, 2.75) is 37.5 Å². The molecule has 8 heteroatoms. The number of nitrogens with zero attached hydrogens (tertiary/aromatic N) is 2. The maximum atomic E-state index is 11.5. The lowest BCUT2D eigenvalue weighted by Gasteiger charge is -2.13. The summed E-state index contributed by atoms with van der Waals surface area (Å²) >= 11 is 1.64. The van der Waals surface area contributed by atoms with Crippen molar-refractivity contribution >= 4 is 27.2 Å². The maximum Gasteiger partial charge on any atom is 0.241 e. The van der Waals surface area contributed by atoms with Crippen molar-refractivity contribution in [2.24, 2.45) is 5.14 Å². The van der Waals surface area contributed by atoms with Crippen LogP contribution in [0.4, 0.5) is 5.82 Å². The van der Waals surface area contributed by atoms with Gasteiger partial charge in [0.1, 0.15) is 10.7 Å². The van der Waals surface area contributed by atoms with E-state index in [9.17, 15) is 8.42 Å². The second-order valence-electron chi connectivity index (χ2n) is 5.97. The zero-order chi connectivity index (χ0) is 16.4. The van der Waals surface area contributed by atoms with Gasteiger partial charge in [-0.05, 0) is 12.1 Å². The number of nitrogens with two attached hydrogens (primary N) is 1. The van der Waals surface area contributed by atoms with Gasteiger partial charge in [-0.3, -0.25) is 0 Å². The average molecular weight is 340 g/mol. The lowest BCUT2D eigenvalue weighted by molar-refractivity contribution is 0.583. The van der Waals surface area contributed by atoms with Crippen molar-refractivity contribution in [3.8, 4) is 0 Å². The number of primary sulfonamides is 1. The van der Waals surface area contributed by atoms with Crippen LogP contribution in [0.25, 0.3) is 0 Å². The third kappa shape index (κ3) is 4.25. The molecular weight excluding hydrogens is 320 g/mol. The summed E-state index contributed by atoms with van der Waals surface area (Å²) in [5, 5.41) is 11.3. The molecule has 6 nitrogen and oxygen atoms in total. The van der Waals surface area contributed by atoms with Crippen LogP contribution in [0.1, 0.15) is 31.5 Å². The molecule has 0 bridgehead atoms. The van der Waals surface area contributed by atoms with Gasteiger partial charge in [0.25, 0.3) is 0 Å². The Morgan fingerprint density at radius 2 is 2.09 bits per heavy atom. The third-order valence-corrected chi connectivity index (χ3v) is 5.20. The smallest absolute Gasteiger partial charge is 0.241 e. The molecule has 22 heavy (non-hydrogen) atoms. The van der Waals surface area contributed by atoms with Crippen molar-refractivity contribution in [3.05, 3.63) is 34.4 Å². The molecule has 0 spiro atoms. The Bertz CT molecular complexity index is 748. The number of anilines is 1. The number of hydrogen-bond donors (Lipinski definition) is 2. The summed E-state index contributed by atoms with van der Waals surface area (Å²) in [5.41, 5.74) is 1.02. The highest BCUT2D eigenvalue weighted by atomic mass is 32.2. The van der Waals surface area contributed by atoms with Crippen LogP contribution in [0.15, 0.2) is 28.6 Å². The van der Waals surface area contributed by atoms with Gasteiger partial charge >= 0.3 is 0 Å². The molecule has 2 rings (SSSR count). The zero-order valence-corrected chi connectivity index (χ0v) is 14.5. The van der Waals surface area contributed by atoms with E-state index in [4.69, 9.17) is 5.14 Å². The van der Waals surface area contributed by atoms with Gasteiger partial charge in [-0.1, -0.05) is 20.8 Å². The van der Waals surface area contributed by atoms with Crippen molar-refractivity contribution in [1.82, 2.24) is 9.97 Å². The fourth-order valence-corrected chi connectivity index (χ4v) is 3.43. The van der Waals surface area contributed by atoms with Crippen molar-refractivity contribution < 1.29 is 8.42 Å². The van der Waals surface area contributed by atoms with Crippen molar-refractivity contribution in [2.75, 3.05) is 11.9 Å². The summed E-state index contributed by atoms with van der Waals surface area (Å²) in [5.74, 6) is 0.274. The summed E-state index contributed by atoms with van der Waals surface area (Å²) in [6, 6.07) is 2.98. The molecule has 2 aromatic heterocycles. The van der Waals surface area contributed by atoms with Gasteiger partial charge < -0.3 is 5.32 Å². The Kier molecular flexibility index (Phi) is 4.84. The summed E-state index contributed by atoms with van der Waals surface area (Å²) in [6.07, 6.45) is 2.21. The summed E-state index contributed by atoms with van der Waals surface area (Å²) < 4.78 is 23.0. The minimum absolute atomic E-state index is 0.00339. The van der Waals surface area contributed by atoms with Gasteiger partial charge in [-0.15, -0.1) is 11.3 Å². The number of rotatable bonds is 5. The molecule has 0 unspecified atom stereocenters. The molecule has 3 N–H and O–H groups in total. The Hall–Kier alpha value is -1.51. The van der Waals surface area contributed by atoms with Crippen LogP contribution in [-0.2, 0) is 21.9 Å². The van der Waals surface area contributed by atoms with E-state index in [2.05, 4.69) is 36.1 Å². The Morgan fingerprint density at radius 3 is 2.68 bits per heavy atom. The first-order valence-corrected chi connectivity index (χ1v) is 9.27. The molecule has 2 aromatic rings. The Balaban J connectivity index is 2.02. The van der Waals surface area contributed by atoms with E-state index in [0.29, 0.717) is 13.0 Å². The fourth-order valence-electron chi connectivity index (χ4n) is 1.83. The number of thiazole rings is 1. The maximum absolute atomic E-state index is 11.5. The molecule has 0 aliphatic carbocycles. The molecule has 120 valence electrons. The lowest BCUT2D eigenvalue weighted by atomic mass is 9.98. The molecule has 0 fully saturated rings. The topological polar surface area (TPSA) is 98.0 Å². The van der Waals surface area contributed by atoms with E-state index in [1.165, 1.54) is 12.3 Å². The van der Waals surface area contributed by atoms with Crippen molar-refractivity contribution in [1.29, 1.82) is 0 Å². The average Bonchev–Trinajstić information content (AvgIpc) is 2.87. The normalized spacial score (nSPS) is 12.4. The van der Waals surface area contributed by atoms with Gasteiger partial charge in [-0.2, -0.15) is 0 Å². The van der Waals surface area contributed by atoms with E-state index < -0.39 is 10.0 Å². The minimum atomic E-state index is -3.78. The lowest BCUT2D eigenvalue weighted by Crippen LogP contribution is -2.17.